The monoisotopic (exact) mass is 190 g/mol. The Bertz CT molecular complexity index is 404. The fraction of sp³-hybridized carbons (Fsp3) is 0.182. The van der Waals surface area contributed by atoms with Gasteiger partial charge in [0.15, 0.2) is 5.78 Å². The summed E-state index contributed by atoms with van der Waals surface area (Å²) in [5.74, 6) is 0.184. The van der Waals surface area contributed by atoms with E-state index in [0.29, 0.717) is 6.42 Å². The van der Waals surface area contributed by atoms with Crippen LogP contribution in [0.1, 0.15) is 18.1 Å². The van der Waals surface area contributed by atoms with E-state index < -0.39 is 0 Å². The second kappa shape index (κ2) is 3.04. The van der Waals surface area contributed by atoms with Crippen molar-refractivity contribution in [3.8, 4) is 0 Å². The van der Waals surface area contributed by atoms with Gasteiger partial charge in [0.05, 0.1) is 0 Å². The van der Waals surface area contributed by atoms with E-state index in [2.05, 4.69) is 12.6 Å². The summed E-state index contributed by atoms with van der Waals surface area (Å²) in [5, 5.41) is 0. The lowest BCUT2D eigenvalue weighted by Gasteiger charge is -2.16. The number of allylic oxidation sites excluding steroid dienone is 1. The van der Waals surface area contributed by atoms with Crippen LogP contribution < -0.4 is 0 Å². The predicted octanol–water partition coefficient (Wildman–Crippen LogP) is 2.47. The van der Waals surface area contributed by atoms with Gasteiger partial charge in [-0.25, -0.2) is 0 Å². The molecule has 1 aromatic rings. The molecule has 13 heavy (non-hydrogen) atoms. The summed E-state index contributed by atoms with van der Waals surface area (Å²) in [5.41, 5.74) is 2.97. The van der Waals surface area contributed by atoms with E-state index >= 15 is 0 Å². The maximum Gasteiger partial charge on any atom is 0.164 e. The Hall–Kier alpha value is -1.02. The molecule has 0 unspecified atom stereocenters. The Labute approximate surface area is 82.9 Å². The first kappa shape index (κ1) is 8.57. The molecule has 0 bridgehead atoms. The fourth-order valence-electron chi connectivity index (χ4n) is 1.55. The topological polar surface area (TPSA) is 17.1 Å². The highest BCUT2D eigenvalue weighted by Crippen LogP contribution is 2.31. The van der Waals surface area contributed by atoms with Crippen molar-refractivity contribution < 1.29 is 4.79 Å². The lowest BCUT2D eigenvalue weighted by Crippen LogP contribution is -2.12. The van der Waals surface area contributed by atoms with Crippen molar-refractivity contribution in [3.63, 3.8) is 0 Å². The molecule has 0 radical (unpaired) electrons. The Kier molecular flexibility index (Phi) is 2.00. The van der Waals surface area contributed by atoms with Gasteiger partial charge in [0.2, 0.25) is 0 Å². The van der Waals surface area contributed by atoms with Crippen LogP contribution in [-0.2, 0) is 11.2 Å². The minimum Gasteiger partial charge on any atom is -0.294 e. The molecule has 0 amide bonds. The van der Waals surface area contributed by atoms with Crippen molar-refractivity contribution in [1.82, 2.24) is 0 Å². The number of carbonyl (C=O) groups excluding carboxylic acids is 1. The zero-order chi connectivity index (χ0) is 9.42. The van der Waals surface area contributed by atoms with Crippen LogP contribution >= 0.6 is 12.6 Å². The molecule has 66 valence electrons. The largest absolute Gasteiger partial charge is 0.294 e. The number of rotatable bonds is 0. The number of benzene rings is 1. The van der Waals surface area contributed by atoms with Crippen molar-refractivity contribution in [1.29, 1.82) is 0 Å². The van der Waals surface area contributed by atoms with Crippen LogP contribution in [0.4, 0.5) is 0 Å². The summed E-state index contributed by atoms with van der Waals surface area (Å²) in [4.78, 5) is 12.3. The number of ketones is 1. The molecular weight excluding hydrogens is 180 g/mol. The van der Waals surface area contributed by atoms with Gasteiger partial charge in [-0.2, -0.15) is 0 Å². The van der Waals surface area contributed by atoms with Crippen LogP contribution in [0.2, 0.25) is 0 Å². The third-order valence-corrected chi connectivity index (χ3v) is 2.97. The maximum atomic E-state index is 11.5. The van der Waals surface area contributed by atoms with E-state index in [1.165, 1.54) is 0 Å². The molecule has 1 aliphatic carbocycles. The number of fused-ring (bicyclic) bond motifs is 1. The van der Waals surface area contributed by atoms with Gasteiger partial charge in [-0.05, 0) is 18.1 Å². The molecule has 0 spiro atoms. The molecule has 0 saturated heterocycles. The van der Waals surface area contributed by atoms with Crippen LogP contribution in [0.25, 0.3) is 4.91 Å². The lowest BCUT2D eigenvalue weighted by molar-refractivity contribution is -0.114. The first-order valence-electron chi connectivity index (χ1n) is 4.21. The van der Waals surface area contributed by atoms with Gasteiger partial charge in [0, 0.05) is 16.9 Å². The number of thiol groups is 1. The molecule has 0 N–H and O–H groups in total. The van der Waals surface area contributed by atoms with Crippen LogP contribution in [0.15, 0.2) is 29.8 Å². The first-order valence-corrected chi connectivity index (χ1v) is 4.66. The van der Waals surface area contributed by atoms with E-state index in [4.69, 9.17) is 0 Å². The number of carbonyl (C=O) groups is 1. The average molecular weight is 190 g/mol. The Morgan fingerprint density at radius 3 is 2.77 bits per heavy atom. The fourth-order valence-corrected chi connectivity index (χ4v) is 1.89. The molecule has 1 aliphatic rings. The van der Waals surface area contributed by atoms with Gasteiger partial charge in [0.1, 0.15) is 0 Å². The van der Waals surface area contributed by atoms with E-state index in [-0.39, 0.29) is 5.78 Å². The summed E-state index contributed by atoms with van der Waals surface area (Å²) < 4.78 is 0. The van der Waals surface area contributed by atoms with E-state index in [0.717, 1.165) is 21.6 Å². The van der Waals surface area contributed by atoms with Gasteiger partial charge >= 0.3 is 0 Å². The van der Waals surface area contributed by atoms with Crippen LogP contribution in [0.3, 0.4) is 0 Å². The first-order chi connectivity index (χ1) is 6.20. The second-order valence-corrected chi connectivity index (χ2v) is 3.68. The van der Waals surface area contributed by atoms with Gasteiger partial charge in [-0.1, -0.05) is 24.3 Å². The average Bonchev–Trinajstić information content (AvgIpc) is 2.15. The van der Waals surface area contributed by atoms with Crippen molar-refractivity contribution in [2.75, 3.05) is 0 Å². The zero-order valence-electron chi connectivity index (χ0n) is 7.37. The zero-order valence-corrected chi connectivity index (χ0v) is 8.27. The summed E-state index contributed by atoms with van der Waals surface area (Å²) in [7, 11) is 0. The highest BCUT2D eigenvalue weighted by Gasteiger charge is 2.19. The molecule has 0 aromatic heterocycles. The third kappa shape index (κ3) is 1.31. The molecule has 2 heteroatoms. The van der Waals surface area contributed by atoms with Crippen molar-refractivity contribution >= 4 is 23.3 Å². The van der Waals surface area contributed by atoms with Crippen molar-refractivity contribution in [2.45, 2.75) is 13.3 Å². The molecule has 0 fully saturated rings. The van der Waals surface area contributed by atoms with Crippen LogP contribution in [0.5, 0.6) is 0 Å². The quantitative estimate of drug-likeness (QED) is 0.622. The van der Waals surface area contributed by atoms with Crippen molar-refractivity contribution in [2.24, 2.45) is 0 Å². The third-order valence-electron chi connectivity index (χ3n) is 2.40. The summed E-state index contributed by atoms with van der Waals surface area (Å²) in [6.07, 6.45) is 0.520. The minimum atomic E-state index is 0.184. The smallest absolute Gasteiger partial charge is 0.164 e. The Morgan fingerprint density at radius 2 is 2.00 bits per heavy atom. The normalized spacial score (nSPS) is 16.0. The van der Waals surface area contributed by atoms with Crippen LogP contribution in [0, 0.1) is 0 Å². The predicted molar refractivity (Wildman–Crippen MR) is 56.7 cm³/mol. The summed E-state index contributed by atoms with van der Waals surface area (Å²) >= 11 is 4.35. The SMILES string of the molecule is CC1=C(S)c2ccccc2CC1=O. The second-order valence-electron chi connectivity index (χ2n) is 3.23. The highest BCUT2D eigenvalue weighted by molar-refractivity contribution is 7.90. The lowest BCUT2D eigenvalue weighted by atomic mass is 9.92. The van der Waals surface area contributed by atoms with E-state index in [1.807, 2.05) is 31.2 Å². The van der Waals surface area contributed by atoms with Gasteiger partial charge in [-0.15, -0.1) is 12.6 Å². The molecular formula is C11H10OS. The molecule has 0 atom stereocenters. The maximum absolute atomic E-state index is 11.5. The molecule has 0 heterocycles. The summed E-state index contributed by atoms with van der Waals surface area (Å²) in [6.45, 7) is 1.83. The molecule has 1 aromatic carbocycles. The molecule has 1 nitrogen and oxygen atoms in total. The number of hydrogen-bond donors (Lipinski definition) is 1. The Balaban J connectivity index is 2.66. The molecule has 0 aliphatic heterocycles. The van der Waals surface area contributed by atoms with Crippen LogP contribution in [-0.4, -0.2) is 5.78 Å². The minimum absolute atomic E-state index is 0.184. The van der Waals surface area contributed by atoms with Gasteiger partial charge in [0.25, 0.3) is 0 Å². The van der Waals surface area contributed by atoms with Gasteiger partial charge in [-0.3, -0.25) is 4.79 Å². The number of hydrogen-bond acceptors (Lipinski definition) is 2. The standard InChI is InChI=1S/C11H10OS/c1-7-10(12)6-8-4-2-3-5-9(8)11(7)13/h2-5,13H,6H2,1H3. The number of Topliss-reactive ketones (excluding diaryl/α,β-unsaturated/α-hetero) is 1. The summed E-state index contributed by atoms with van der Waals surface area (Å²) in [6, 6.07) is 7.91. The molecule has 2 rings (SSSR count). The van der Waals surface area contributed by atoms with Crippen molar-refractivity contribution in [3.05, 3.63) is 41.0 Å². The van der Waals surface area contributed by atoms with E-state index in [1.54, 1.807) is 0 Å². The highest BCUT2D eigenvalue weighted by atomic mass is 32.1. The molecule has 0 saturated carbocycles. The Morgan fingerprint density at radius 1 is 1.31 bits per heavy atom. The van der Waals surface area contributed by atoms with Gasteiger partial charge < -0.3 is 0 Å². The van der Waals surface area contributed by atoms with E-state index in [9.17, 15) is 4.79 Å².